The van der Waals surface area contributed by atoms with Gasteiger partial charge in [-0.2, -0.15) is 0 Å². The van der Waals surface area contributed by atoms with Crippen molar-refractivity contribution in [2.45, 2.75) is 52.0 Å². The Hall–Kier alpha value is -1.73. The molecule has 6 nitrogen and oxygen atoms in total. The smallest absolute Gasteiger partial charge is 0.262 e. The van der Waals surface area contributed by atoms with E-state index in [2.05, 4.69) is 5.32 Å². The van der Waals surface area contributed by atoms with E-state index in [4.69, 9.17) is 10.7 Å². The summed E-state index contributed by atoms with van der Waals surface area (Å²) in [6, 6.07) is 0. The highest BCUT2D eigenvalue weighted by atomic mass is 32.1. The number of rotatable bonds is 5. The van der Waals surface area contributed by atoms with Crippen molar-refractivity contribution in [1.82, 2.24) is 14.9 Å². The summed E-state index contributed by atoms with van der Waals surface area (Å²) >= 11 is 1.33. The number of aromatic nitrogens is 2. The van der Waals surface area contributed by atoms with Crippen molar-refractivity contribution in [2.75, 3.05) is 13.1 Å². The zero-order chi connectivity index (χ0) is 17.1. The highest BCUT2D eigenvalue weighted by molar-refractivity contribution is 7.20. The van der Waals surface area contributed by atoms with Gasteiger partial charge < -0.3 is 11.1 Å². The van der Waals surface area contributed by atoms with Crippen LogP contribution in [0.15, 0.2) is 4.79 Å². The molecule has 1 aliphatic rings. The Morgan fingerprint density at radius 2 is 2.17 bits per heavy atom. The van der Waals surface area contributed by atoms with E-state index in [0.29, 0.717) is 28.2 Å². The van der Waals surface area contributed by atoms with Crippen LogP contribution < -0.4 is 16.6 Å². The van der Waals surface area contributed by atoms with Gasteiger partial charge in [-0.15, -0.1) is 11.3 Å². The molecule has 0 fully saturated rings. The summed E-state index contributed by atoms with van der Waals surface area (Å²) in [5, 5.41) is 3.52. The van der Waals surface area contributed by atoms with E-state index in [0.717, 1.165) is 56.5 Å². The number of unbranched alkanes of at least 4 members (excludes halogenated alkanes) is 1. The van der Waals surface area contributed by atoms with Crippen molar-refractivity contribution in [3.8, 4) is 0 Å². The molecule has 0 atom stereocenters. The van der Waals surface area contributed by atoms with Crippen LogP contribution in [-0.2, 0) is 13.0 Å². The van der Waals surface area contributed by atoms with Gasteiger partial charge in [0.05, 0.1) is 10.3 Å². The number of thiophene rings is 1. The highest BCUT2D eigenvalue weighted by Crippen LogP contribution is 2.28. The topological polar surface area (TPSA) is 90.0 Å². The molecule has 2 aromatic heterocycles. The van der Waals surface area contributed by atoms with Crippen molar-refractivity contribution in [3.63, 3.8) is 0 Å². The first-order valence-corrected chi connectivity index (χ1v) is 9.46. The van der Waals surface area contributed by atoms with Gasteiger partial charge in [-0.05, 0) is 44.7 Å². The van der Waals surface area contributed by atoms with E-state index in [1.807, 2.05) is 6.92 Å². The number of aryl methyl sites for hydroxylation is 2. The number of nitrogens with two attached hydrogens (primary N) is 1. The number of carbonyl (C=O) groups excluding carboxylic acids is 1. The van der Waals surface area contributed by atoms with Gasteiger partial charge in [-0.1, -0.05) is 6.42 Å². The molecule has 0 saturated carbocycles. The fourth-order valence-electron chi connectivity index (χ4n) is 3.18. The quantitative estimate of drug-likeness (QED) is 0.808. The van der Waals surface area contributed by atoms with E-state index in [-0.39, 0.29) is 11.5 Å². The number of hydrogen-bond donors (Lipinski definition) is 2. The van der Waals surface area contributed by atoms with Crippen LogP contribution in [-0.4, -0.2) is 28.5 Å². The van der Waals surface area contributed by atoms with Gasteiger partial charge in [0.1, 0.15) is 10.7 Å². The Bertz CT molecular complexity index is 809. The normalized spacial score (nSPS) is 14.4. The van der Waals surface area contributed by atoms with Crippen LogP contribution in [0.5, 0.6) is 0 Å². The minimum atomic E-state index is -0.118. The van der Waals surface area contributed by atoms with E-state index < -0.39 is 0 Å². The third-order valence-electron chi connectivity index (χ3n) is 4.53. The third-order valence-corrected chi connectivity index (χ3v) is 5.72. The second-order valence-corrected chi connectivity index (χ2v) is 7.28. The minimum absolute atomic E-state index is 0.00725. The summed E-state index contributed by atoms with van der Waals surface area (Å²) in [4.78, 5) is 31.3. The SMILES string of the molecule is Cc1c(C(=O)NCCCCN)sc2nc3n(c(=O)c12)CCCCC3. The van der Waals surface area contributed by atoms with Crippen molar-refractivity contribution in [1.29, 1.82) is 0 Å². The summed E-state index contributed by atoms with van der Waals surface area (Å²) < 4.78 is 1.80. The first-order chi connectivity index (χ1) is 11.6. The largest absolute Gasteiger partial charge is 0.351 e. The zero-order valence-electron chi connectivity index (χ0n) is 14.1. The van der Waals surface area contributed by atoms with E-state index in [1.165, 1.54) is 11.3 Å². The van der Waals surface area contributed by atoms with Crippen molar-refractivity contribution in [3.05, 3.63) is 26.6 Å². The van der Waals surface area contributed by atoms with Crippen LogP contribution in [0, 0.1) is 6.92 Å². The van der Waals surface area contributed by atoms with Gasteiger partial charge in [-0.25, -0.2) is 4.98 Å². The Morgan fingerprint density at radius 3 is 2.96 bits per heavy atom. The number of amides is 1. The van der Waals surface area contributed by atoms with Crippen LogP contribution in [0.3, 0.4) is 0 Å². The van der Waals surface area contributed by atoms with Gasteiger partial charge >= 0.3 is 0 Å². The number of fused-ring (bicyclic) bond motifs is 2. The number of nitrogens with one attached hydrogen (secondary N) is 1. The summed E-state index contributed by atoms with van der Waals surface area (Å²) in [5.41, 5.74) is 6.22. The minimum Gasteiger partial charge on any atom is -0.351 e. The molecule has 2 aromatic rings. The molecule has 0 aromatic carbocycles. The van der Waals surface area contributed by atoms with Crippen molar-refractivity contribution in [2.24, 2.45) is 5.73 Å². The second kappa shape index (κ2) is 7.44. The van der Waals surface area contributed by atoms with Crippen LogP contribution in [0.2, 0.25) is 0 Å². The lowest BCUT2D eigenvalue weighted by molar-refractivity contribution is 0.0956. The van der Waals surface area contributed by atoms with E-state index in [1.54, 1.807) is 4.57 Å². The summed E-state index contributed by atoms with van der Waals surface area (Å²) in [5.74, 6) is 0.744. The second-order valence-electron chi connectivity index (χ2n) is 6.28. The molecule has 0 radical (unpaired) electrons. The number of nitrogens with zero attached hydrogens (tertiary/aromatic N) is 2. The molecule has 130 valence electrons. The lowest BCUT2D eigenvalue weighted by Gasteiger charge is -2.08. The van der Waals surface area contributed by atoms with Crippen LogP contribution in [0.4, 0.5) is 0 Å². The van der Waals surface area contributed by atoms with Gasteiger partial charge in [-0.3, -0.25) is 14.2 Å². The predicted molar refractivity (Wildman–Crippen MR) is 96.8 cm³/mol. The summed E-state index contributed by atoms with van der Waals surface area (Å²) in [7, 11) is 0. The molecular formula is C17H24N4O2S. The molecule has 0 unspecified atom stereocenters. The number of carbonyl (C=O) groups is 1. The first kappa shape index (κ1) is 17.1. The highest BCUT2D eigenvalue weighted by Gasteiger charge is 2.21. The standard InChI is InChI=1S/C17H24N4O2S/c1-11-13-16(24-14(11)15(22)19-9-5-4-8-18)20-12-7-3-2-6-10-21(12)17(13)23/h2-10,18H2,1H3,(H,19,22). The van der Waals surface area contributed by atoms with Gasteiger partial charge in [0.25, 0.3) is 11.5 Å². The molecule has 3 N–H and O–H groups in total. The van der Waals surface area contributed by atoms with Crippen LogP contribution in [0.1, 0.15) is 53.2 Å². The van der Waals surface area contributed by atoms with Crippen LogP contribution in [0.25, 0.3) is 10.2 Å². The third kappa shape index (κ3) is 3.23. The fourth-order valence-corrected chi connectivity index (χ4v) is 4.28. The summed E-state index contributed by atoms with van der Waals surface area (Å²) in [6.07, 6.45) is 5.80. The fraction of sp³-hybridized carbons (Fsp3) is 0.588. The van der Waals surface area contributed by atoms with E-state index >= 15 is 0 Å². The molecule has 0 aliphatic carbocycles. The van der Waals surface area contributed by atoms with E-state index in [9.17, 15) is 9.59 Å². The lowest BCUT2D eigenvalue weighted by Crippen LogP contribution is -2.25. The average molecular weight is 348 g/mol. The molecule has 7 heteroatoms. The maximum atomic E-state index is 12.9. The maximum absolute atomic E-state index is 12.9. The molecule has 1 aliphatic heterocycles. The molecule has 24 heavy (non-hydrogen) atoms. The first-order valence-electron chi connectivity index (χ1n) is 8.64. The maximum Gasteiger partial charge on any atom is 0.262 e. The van der Waals surface area contributed by atoms with Crippen molar-refractivity contribution >= 4 is 27.5 Å². The Balaban J connectivity index is 1.94. The van der Waals surface area contributed by atoms with Gasteiger partial charge in [0, 0.05) is 19.5 Å². The van der Waals surface area contributed by atoms with Gasteiger partial charge in [0.2, 0.25) is 0 Å². The Kier molecular flexibility index (Phi) is 5.30. The molecule has 0 saturated heterocycles. The molecule has 0 bridgehead atoms. The molecule has 3 rings (SSSR count). The molecule has 0 spiro atoms. The Morgan fingerprint density at radius 1 is 1.33 bits per heavy atom. The number of hydrogen-bond acceptors (Lipinski definition) is 5. The van der Waals surface area contributed by atoms with Gasteiger partial charge in [0.15, 0.2) is 0 Å². The Labute approximate surface area is 145 Å². The predicted octanol–water partition coefficient (Wildman–Crippen LogP) is 1.96. The monoisotopic (exact) mass is 348 g/mol. The molecule has 1 amide bonds. The zero-order valence-corrected chi connectivity index (χ0v) is 14.9. The summed E-state index contributed by atoms with van der Waals surface area (Å²) in [6.45, 7) is 3.81. The molecule has 3 heterocycles. The molecular weight excluding hydrogens is 324 g/mol. The lowest BCUT2D eigenvalue weighted by atomic mass is 10.2. The van der Waals surface area contributed by atoms with Crippen LogP contribution >= 0.6 is 11.3 Å². The average Bonchev–Trinajstić information content (AvgIpc) is 2.74. The van der Waals surface area contributed by atoms with Crippen molar-refractivity contribution < 1.29 is 4.79 Å².